The van der Waals surface area contributed by atoms with Crippen molar-refractivity contribution < 1.29 is 28.4 Å². The summed E-state index contributed by atoms with van der Waals surface area (Å²) in [7, 11) is 0. The van der Waals surface area contributed by atoms with Crippen molar-refractivity contribution in [1.29, 1.82) is 0 Å². The second kappa shape index (κ2) is 8.12. The van der Waals surface area contributed by atoms with Gasteiger partial charge < -0.3 is 19.3 Å². The van der Waals surface area contributed by atoms with Gasteiger partial charge in [-0.2, -0.15) is 0 Å². The van der Waals surface area contributed by atoms with E-state index in [9.17, 15) is 14.4 Å². The van der Waals surface area contributed by atoms with E-state index in [1.54, 1.807) is 25.1 Å². The normalized spacial score (nSPS) is 14.5. The van der Waals surface area contributed by atoms with E-state index < -0.39 is 24.0 Å². The lowest BCUT2D eigenvalue weighted by Crippen LogP contribution is -2.41. The third-order valence-corrected chi connectivity index (χ3v) is 4.39. The van der Waals surface area contributed by atoms with Gasteiger partial charge in [0.25, 0.3) is 5.91 Å². The van der Waals surface area contributed by atoms with E-state index in [1.807, 2.05) is 6.92 Å². The third-order valence-electron chi connectivity index (χ3n) is 4.39. The Morgan fingerprint density at radius 1 is 1.36 bits per heavy atom. The highest BCUT2D eigenvalue weighted by Gasteiger charge is 2.31. The number of benzene rings is 1. The summed E-state index contributed by atoms with van der Waals surface area (Å²) in [5, 5.41) is 6.40. The number of aromatic nitrogens is 1. The van der Waals surface area contributed by atoms with Crippen LogP contribution in [0.2, 0.25) is 0 Å². The highest BCUT2D eigenvalue weighted by atomic mass is 16.5. The minimum atomic E-state index is -1.08. The molecule has 0 saturated carbocycles. The molecule has 0 spiro atoms. The number of amides is 3. The second-order valence-electron chi connectivity index (χ2n) is 6.39. The van der Waals surface area contributed by atoms with Crippen LogP contribution in [0.15, 0.2) is 28.8 Å². The van der Waals surface area contributed by atoms with Gasteiger partial charge in [-0.05, 0) is 39.0 Å². The fourth-order valence-electron chi connectivity index (χ4n) is 2.76. The average molecular weight is 387 g/mol. The molecule has 1 atom stereocenters. The topological polar surface area (TPSA) is 111 Å². The molecule has 9 nitrogen and oxygen atoms in total. The van der Waals surface area contributed by atoms with E-state index in [-0.39, 0.29) is 18.7 Å². The summed E-state index contributed by atoms with van der Waals surface area (Å²) in [5.41, 5.74) is 1.82. The number of carbonyl (C=O) groups is 3. The number of hydrogen-bond donors (Lipinski definition) is 1. The van der Waals surface area contributed by atoms with Crippen molar-refractivity contribution in [2.24, 2.45) is 0 Å². The first-order valence-corrected chi connectivity index (χ1v) is 8.81. The first-order chi connectivity index (χ1) is 13.4. The van der Waals surface area contributed by atoms with Gasteiger partial charge in [-0.1, -0.05) is 11.2 Å². The summed E-state index contributed by atoms with van der Waals surface area (Å²) in [5.74, 6) is -0.101. The maximum absolute atomic E-state index is 12.4. The SMILES string of the molecule is Cc1noc(C)c1COc1cccc(C(=O)O[C@H](C)C(=O)N2CCNC2=O)c1. The van der Waals surface area contributed by atoms with Crippen molar-refractivity contribution in [3.63, 3.8) is 0 Å². The number of imide groups is 1. The maximum atomic E-state index is 12.4. The molecule has 3 rings (SSSR count). The van der Waals surface area contributed by atoms with E-state index in [2.05, 4.69) is 10.5 Å². The van der Waals surface area contributed by atoms with Crippen molar-refractivity contribution in [3.8, 4) is 5.75 Å². The third kappa shape index (κ3) is 4.13. The number of rotatable bonds is 6. The van der Waals surface area contributed by atoms with Crippen LogP contribution in [0.1, 0.15) is 34.3 Å². The number of aryl methyl sites for hydroxylation is 2. The van der Waals surface area contributed by atoms with Gasteiger partial charge in [0.05, 0.1) is 16.8 Å². The monoisotopic (exact) mass is 387 g/mol. The van der Waals surface area contributed by atoms with Crippen LogP contribution in [0.5, 0.6) is 5.75 Å². The Labute approximate surface area is 161 Å². The van der Waals surface area contributed by atoms with Crippen LogP contribution in [0.25, 0.3) is 0 Å². The molecule has 1 N–H and O–H groups in total. The molecule has 3 amide bonds. The zero-order chi connectivity index (χ0) is 20.3. The maximum Gasteiger partial charge on any atom is 0.339 e. The largest absolute Gasteiger partial charge is 0.489 e. The molecular weight excluding hydrogens is 366 g/mol. The summed E-state index contributed by atoms with van der Waals surface area (Å²) in [4.78, 5) is 37.2. The number of urea groups is 1. The minimum Gasteiger partial charge on any atom is -0.489 e. The minimum absolute atomic E-state index is 0.238. The van der Waals surface area contributed by atoms with Gasteiger partial charge in [0.1, 0.15) is 18.1 Å². The molecule has 1 aromatic carbocycles. The number of nitrogens with one attached hydrogen (secondary N) is 1. The molecule has 2 heterocycles. The summed E-state index contributed by atoms with van der Waals surface area (Å²) >= 11 is 0. The van der Waals surface area contributed by atoms with Gasteiger partial charge in [-0.25, -0.2) is 9.59 Å². The smallest absolute Gasteiger partial charge is 0.339 e. The zero-order valence-electron chi connectivity index (χ0n) is 15.9. The Morgan fingerprint density at radius 2 is 2.14 bits per heavy atom. The zero-order valence-corrected chi connectivity index (χ0v) is 15.9. The van der Waals surface area contributed by atoms with Gasteiger partial charge >= 0.3 is 12.0 Å². The summed E-state index contributed by atoms with van der Waals surface area (Å²) < 4.78 is 16.0. The van der Waals surface area contributed by atoms with E-state index in [1.165, 1.54) is 13.0 Å². The van der Waals surface area contributed by atoms with Gasteiger partial charge in [0.2, 0.25) is 0 Å². The molecule has 2 aromatic rings. The van der Waals surface area contributed by atoms with Crippen molar-refractivity contribution in [2.45, 2.75) is 33.5 Å². The quantitative estimate of drug-likeness (QED) is 0.754. The van der Waals surface area contributed by atoms with Crippen LogP contribution in [0, 0.1) is 13.8 Å². The fraction of sp³-hybridized carbons (Fsp3) is 0.368. The van der Waals surface area contributed by atoms with Crippen LogP contribution in [0.4, 0.5) is 4.79 Å². The Balaban J connectivity index is 1.62. The molecule has 1 saturated heterocycles. The molecule has 0 radical (unpaired) electrons. The number of hydrogen-bond acceptors (Lipinski definition) is 7. The molecule has 1 aliphatic heterocycles. The second-order valence-corrected chi connectivity index (χ2v) is 6.39. The van der Waals surface area contributed by atoms with Crippen LogP contribution in [-0.4, -0.2) is 47.2 Å². The first-order valence-electron chi connectivity index (χ1n) is 8.81. The molecule has 1 aliphatic rings. The molecule has 0 unspecified atom stereocenters. The van der Waals surface area contributed by atoms with E-state index >= 15 is 0 Å². The Bertz CT molecular complexity index is 887. The van der Waals surface area contributed by atoms with Gasteiger partial charge in [0.15, 0.2) is 6.10 Å². The Kier molecular flexibility index (Phi) is 5.62. The number of esters is 1. The summed E-state index contributed by atoms with van der Waals surface area (Å²) in [6.07, 6.45) is -1.08. The number of carbonyl (C=O) groups excluding carboxylic acids is 3. The molecule has 148 valence electrons. The fourth-order valence-corrected chi connectivity index (χ4v) is 2.76. The molecule has 0 aliphatic carbocycles. The number of nitrogens with zero attached hydrogens (tertiary/aromatic N) is 2. The van der Waals surface area contributed by atoms with E-state index in [4.69, 9.17) is 14.0 Å². The highest BCUT2D eigenvalue weighted by Crippen LogP contribution is 2.19. The van der Waals surface area contributed by atoms with Crippen LogP contribution in [-0.2, 0) is 16.1 Å². The molecule has 28 heavy (non-hydrogen) atoms. The van der Waals surface area contributed by atoms with Gasteiger partial charge in [0, 0.05) is 13.1 Å². The Morgan fingerprint density at radius 3 is 2.79 bits per heavy atom. The molecular formula is C19H21N3O6. The van der Waals surface area contributed by atoms with Gasteiger partial charge in [-0.15, -0.1) is 0 Å². The molecule has 1 aromatic heterocycles. The van der Waals surface area contributed by atoms with Crippen LogP contribution < -0.4 is 10.1 Å². The molecule has 1 fully saturated rings. The van der Waals surface area contributed by atoms with Crippen LogP contribution >= 0.6 is 0 Å². The van der Waals surface area contributed by atoms with Crippen molar-refractivity contribution >= 4 is 17.9 Å². The van der Waals surface area contributed by atoms with Gasteiger partial charge in [-0.3, -0.25) is 9.69 Å². The predicted molar refractivity (Wildman–Crippen MR) is 96.7 cm³/mol. The van der Waals surface area contributed by atoms with Crippen LogP contribution in [0.3, 0.4) is 0 Å². The first kappa shape index (κ1) is 19.4. The van der Waals surface area contributed by atoms with Crippen molar-refractivity contribution in [1.82, 2.24) is 15.4 Å². The van der Waals surface area contributed by atoms with E-state index in [0.29, 0.717) is 18.1 Å². The molecule has 0 bridgehead atoms. The average Bonchev–Trinajstić information content (AvgIpc) is 3.25. The predicted octanol–water partition coefficient (Wildman–Crippen LogP) is 1.97. The van der Waals surface area contributed by atoms with E-state index in [0.717, 1.165) is 16.2 Å². The lowest BCUT2D eigenvalue weighted by Gasteiger charge is -2.18. The standard InChI is InChI=1S/C19H21N3O6/c1-11-16(12(2)28-21-11)10-26-15-6-4-5-14(9-15)18(24)27-13(3)17(23)22-8-7-20-19(22)25/h4-6,9,13H,7-8,10H2,1-3H3,(H,20,25)/t13-/m1/s1. The lowest BCUT2D eigenvalue weighted by molar-refractivity contribution is -0.136. The van der Waals surface area contributed by atoms with Crippen molar-refractivity contribution in [2.75, 3.05) is 13.1 Å². The summed E-state index contributed by atoms with van der Waals surface area (Å²) in [6.45, 7) is 5.94. The highest BCUT2D eigenvalue weighted by molar-refractivity contribution is 5.99. The lowest BCUT2D eigenvalue weighted by atomic mass is 10.2. The summed E-state index contributed by atoms with van der Waals surface area (Å²) in [6, 6.07) is 5.96. The van der Waals surface area contributed by atoms with Crippen molar-refractivity contribution in [3.05, 3.63) is 46.8 Å². The Hall–Kier alpha value is -3.36. The molecule has 9 heteroatoms. The number of ether oxygens (including phenoxy) is 2.